The number of thiazole rings is 1. The summed E-state index contributed by atoms with van der Waals surface area (Å²) < 4.78 is 37.2. The lowest BCUT2D eigenvalue weighted by atomic mass is 10.2. The molecule has 1 fully saturated rings. The smallest absolute Gasteiger partial charge is 0.314 e. The van der Waals surface area contributed by atoms with Crippen molar-refractivity contribution in [3.8, 4) is 0 Å². The Labute approximate surface area is 102 Å². The predicted molar refractivity (Wildman–Crippen MR) is 59.9 cm³/mol. The van der Waals surface area contributed by atoms with Crippen LogP contribution in [0.2, 0.25) is 0 Å². The largest absolute Gasteiger partial charge is 0.427 e. The number of alkyl halides is 3. The summed E-state index contributed by atoms with van der Waals surface area (Å²) >= 11 is 0.737. The van der Waals surface area contributed by atoms with Crippen molar-refractivity contribution in [1.82, 2.24) is 15.2 Å². The van der Waals surface area contributed by atoms with E-state index in [0.29, 0.717) is 17.6 Å². The molecule has 1 aromatic heterocycles. The first-order valence-corrected chi connectivity index (χ1v) is 6.25. The molecule has 0 aliphatic carbocycles. The molecule has 0 spiro atoms. The summed E-state index contributed by atoms with van der Waals surface area (Å²) in [7, 11) is 0. The van der Waals surface area contributed by atoms with Crippen molar-refractivity contribution in [3.63, 3.8) is 0 Å². The maximum Gasteiger partial charge on any atom is 0.427 e. The van der Waals surface area contributed by atoms with Crippen LogP contribution in [0.5, 0.6) is 0 Å². The Morgan fingerprint density at radius 3 is 2.94 bits per heavy atom. The lowest BCUT2D eigenvalue weighted by Gasteiger charge is -2.33. The molecule has 1 aliphatic heterocycles. The summed E-state index contributed by atoms with van der Waals surface area (Å²) in [5.41, 5.74) is 0. The van der Waals surface area contributed by atoms with E-state index in [-0.39, 0.29) is 0 Å². The molecule has 1 saturated heterocycles. The van der Waals surface area contributed by atoms with Gasteiger partial charge in [-0.15, -0.1) is 11.3 Å². The van der Waals surface area contributed by atoms with Gasteiger partial charge in [0.15, 0.2) is 0 Å². The number of hydrogen-bond donors (Lipinski definition) is 1. The SMILES string of the molecule is CC1CNCCN1Cc1ncc(C(F)(F)F)s1. The van der Waals surface area contributed by atoms with Gasteiger partial charge in [-0.3, -0.25) is 4.90 Å². The zero-order valence-electron chi connectivity index (χ0n) is 9.42. The highest BCUT2D eigenvalue weighted by Gasteiger charge is 2.33. The molecule has 17 heavy (non-hydrogen) atoms. The second-order valence-corrected chi connectivity index (χ2v) is 5.25. The van der Waals surface area contributed by atoms with Crippen LogP contribution < -0.4 is 5.32 Å². The zero-order chi connectivity index (χ0) is 12.5. The van der Waals surface area contributed by atoms with E-state index >= 15 is 0 Å². The van der Waals surface area contributed by atoms with Gasteiger partial charge in [-0.05, 0) is 6.92 Å². The lowest BCUT2D eigenvalue weighted by Crippen LogP contribution is -2.49. The van der Waals surface area contributed by atoms with Crippen molar-refractivity contribution in [2.45, 2.75) is 25.7 Å². The fourth-order valence-electron chi connectivity index (χ4n) is 1.81. The van der Waals surface area contributed by atoms with Gasteiger partial charge in [0, 0.05) is 25.7 Å². The van der Waals surface area contributed by atoms with Crippen LogP contribution >= 0.6 is 11.3 Å². The third kappa shape index (κ3) is 3.17. The Morgan fingerprint density at radius 2 is 2.35 bits per heavy atom. The van der Waals surface area contributed by atoms with Gasteiger partial charge in [0.2, 0.25) is 0 Å². The van der Waals surface area contributed by atoms with Gasteiger partial charge >= 0.3 is 6.18 Å². The first-order valence-electron chi connectivity index (χ1n) is 5.43. The van der Waals surface area contributed by atoms with Crippen LogP contribution in [0.3, 0.4) is 0 Å². The molecule has 0 radical (unpaired) electrons. The summed E-state index contributed by atoms with van der Waals surface area (Å²) in [6, 6.07) is 0.335. The van der Waals surface area contributed by atoms with Gasteiger partial charge in [0.25, 0.3) is 0 Å². The molecule has 1 aromatic rings. The molecule has 1 atom stereocenters. The Balaban J connectivity index is 2.01. The van der Waals surface area contributed by atoms with Crippen molar-refractivity contribution in [1.29, 1.82) is 0 Å². The second-order valence-electron chi connectivity index (χ2n) is 4.14. The quantitative estimate of drug-likeness (QED) is 0.886. The summed E-state index contributed by atoms with van der Waals surface area (Å²) in [5, 5.41) is 3.77. The van der Waals surface area contributed by atoms with E-state index < -0.39 is 11.1 Å². The molecule has 1 N–H and O–H groups in total. The van der Waals surface area contributed by atoms with Gasteiger partial charge in [0.05, 0.1) is 12.7 Å². The number of aromatic nitrogens is 1. The molecule has 3 nitrogen and oxygen atoms in total. The van der Waals surface area contributed by atoms with E-state index in [1.54, 1.807) is 0 Å². The van der Waals surface area contributed by atoms with Crippen LogP contribution in [0.4, 0.5) is 13.2 Å². The topological polar surface area (TPSA) is 28.2 Å². The minimum atomic E-state index is -4.27. The van der Waals surface area contributed by atoms with Crippen molar-refractivity contribution < 1.29 is 13.2 Å². The Morgan fingerprint density at radius 1 is 1.59 bits per heavy atom. The van der Waals surface area contributed by atoms with E-state index in [4.69, 9.17) is 0 Å². The normalized spacial score (nSPS) is 22.9. The monoisotopic (exact) mass is 265 g/mol. The van der Waals surface area contributed by atoms with Gasteiger partial charge < -0.3 is 5.32 Å². The number of rotatable bonds is 2. The first-order chi connectivity index (χ1) is 7.97. The van der Waals surface area contributed by atoms with E-state index in [0.717, 1.165) is 37.2 Å². The van der Waals surface area contributed by atoms with Crippen molar-refractivity contribution in [2.75, 3.05) is 19.6 Å². The van der Waals surface area contributed by atoms with Crippen molar-refractivity contribution in [2.24, 2.45) is 0 Å². The molecule has 0 amide bonds. The number of piperazine rings is 1. The van der Waals surface area contributed by atoms with Crippen LogP contribution in [-0.4, -0.2) is 35.6 Å². The molecular formula is C10H14F3N3S. The molecule has 1 aliphatic rings. The Hall–Kier alpha value is -0.660. The van der Waals surface area contributed by atoms with Crippen LogP contribution in [0.25, 0.3) is 0 Å². The van der Waals surface area contributed by atoms with E-state index in [1.165, 1.54) is 0 Å². The lowest BCUT2D eigenvalue weighted by molar-refractivity contribution is -0.134. The molecule has 7 heteroatoms. The third-order valence-electron chi connectivity index (χ3n) is 2.81. The van der Waals surface area contributed by atoms with Crippen LogP contribution in [0.15, 0.2) is 6.20 Å². The number of hydrogen-bond acceptors (Lipinski definition) is 4. The summed E-state index contributed by atoms with van der Waals surface area (Å²) in [4.78, 5) is 5.38. The molecule has 2 heterocycles. The average Bonchev–Trinajstić information content (AvgIpc) is 2.69. The summed E-state index contributed by atoms with van der Waals surface area (Å²) in [6.45, 7) is 5.16. The van der Waals surface area contributed by atoms with Crippen molar-refractivity contribution >= 4 is 11.3 Å². The minimum absolute atomic E-state index is 0.335. The zero-order valence-corrected chi connectivity index (χ0v) is 10.2. The van der Waals surface area contributed by atoms with E-state index in [2.05, 4.69) is 22.1 Å². The molecule has 0 aromatic carbocycles. The van der Waals surface area contributed by atoms with E-state index in [9.17, 15) is 13.2 Å². The summed E-state index contributed by atoms with van der Waals surface area (Å²) in [6.07, 6.45) is -3.35. The molecule has 2 rings (SSSR count). The van der Waals surface area contributed by atoms with Gasteiger partial charge in [-0.2, -0.15) is 13.2 Å². The summed E-state index contributed by atoms with van der Waals surface area (Å²) in [5.74, 6) is 0. The maximum absolute atomic E-state index is 12.4. The fourth-order valence-corrected chi connectivity index (χ4v) is 2.62. The standard InChI is InChI=1S/C10H14F3N3S/c1-7-4-14-2-3-16(7)6-9-15-5-8(17-9)10(11,12)13/h5,7,14H,2-4,6H2,1H3. The molecular weight excluding hydrogens is 251 g/mol. The number of nitrogens with zero attached hydrogens (tertiary/aromatic N) is 2. The van der Waals surface area contributed by atoms with Crippen molar-refractivity contribution in [3.05, 3.63) is 16.1 Å². The van der Waals surface area contributed by atoms with Gasteiger partial charge in [0.1, 0.15) is 9.88 Å². The molecule has 0 saturated carbocycles. The molecule has 0 bridgehead atoms. The van der Waals surface area contributed by atoms with Crippen LogP contribution in [-0.2, 0) is 12.7 Å². The predicted octanol–water partition coefficient (Wildman–Crippen LogP) is 1.96. The van der Waals surface area contributed by atoms with Gasteiger partial charge in [-0.1, -0.05) is 0 Å². The van der Waals surface area contributed by atoms with Crippen LogP contribution in [0.1, 0.15) is 16.8 Å². The maximum atomic E-state index is 12.4. The molecule has 1 unspecified atom stereocenters. The Bertz CT molecular complexity index is 377. The highest BCUT2D eigenvalue weighted by molar-refractivity contribution is 7.11. The highest BCUT2D eigenvalue weighted by Crippen LogP contribution is 2.33. The first kappa shape index (κ1) is 12.8. The Kier molecular flexibility index (Phi) is 3.70. The minimum Gasteiger partial charge on any atom is -0.314 e. The fraction of sp³-hybridized carbons (Fsp3) is 0.700. The number of halogens is 3. The van der Waals surface area contributed by atoms with Crippen LogP contribution in [0, 0.1) is 0 Å². The third-order valence-corrected chi connectivity index (χ3v) is 3.84. The average molecular weight is 265 g/mol. The molecule has 96 valence electrons. The number of nitrogens with one attached hydrogen (secondary N) is 1. The second kappa shape index (κ2) is 4.91. The highest BCUT2D eigenvalue weighted by atomic mass is 32.1. The van der Waals surface area contributed by atoms with Gasteiger partial charge in [-0.25, -0.2) is 4.98 Å². The van der Waals surface area contributed by atoms with E-state index in [1.807, 2.05) is 0 Å².